The SMILES string of the molecule is Brc1cc(Br)c2[nH]c3nc4ccccc4nc3c2c1. The van der Waals surface area contributed by atoms with Gasteiger partial charge in [0.05, 0.1) is 16.6 Å². The Balaban J connectivity index is 2.26. The second-order valence-corrected chi connectivity index (χ2v) is 6.11. The Kier molecular flexibility index (Phi) is 2.40. The molecule has 1 N–H and O–H groups in total. The molecule has 3 nitrogen and oxygen atoms in total. The first-order valence-corrected chi connectivity index (χ1v) is 7.34. The quantitative estimate of drug-likeness (QED) is 0.479. The van der Waals surface area contributed by atoms with E-state index in [1.807, 2.05) is 30.3 Å². The van der Waals surface area contributed by atoms with Crippen LogP contribution in [0.1, 0.15) is 0 Å². The van der Waals surface area contributed by atoms with E-state index in [0.29, 0.717) is 0 Å². The number of benzene rings is 2. The minimum atomic E-state index is 0.812. The highest BCUT2D eigenvalue weighted by atomic mass is 79.9. The first-order chi connectivity index (χ1) is 9.22. The monoisotopic (exact) mass is 375 g/mol. The number of hydrogen-bond acceptors (Lipinski definition) is 2. The van der Waals surface area contributed by atoms with Gasteiger partial charge in [-0.15, -0.1) is 0 Å². The number of aromatic amines is 1. The zero-order chi connectivity index (χ0) is 13.0. The summed E-state index contributed by atoms with van der Waals surface area (Å²) >= 11 is 7.08. The number of fused-ring (bicyclic) bond motifs is 4. The lowest BCUT2D eigenvalue weighted by Gasteiger charge is -1.97. The molecule has 0 atom stereocenters. The van der Waals surface area contributed by atoms with Crippen molar-refractivity contribution in [2.45, 2.75) is 0 Å². The minimum Gasteiger partial charge on any atom is -0.337 e. The highest BCUT2D eigenvalue weighted by Crippen LogP contribution is 2.32. The molecule has 5 heteroatoms. The average Bonchev–Trinajstić information content (AvgIpc) is 2.74. The number of halogens is 2. The van der Waals surface area contributed by atoms with Crippen molar-refractivity contribution in [2.24, 2.45) is 0 Å². The number of nitrogens with one attached hydrogen (secondary N) is 1. The third kappa shape index (κ3) is 1.69. The van der Waals surface area contributed by atoms with E-state index < -0.39 is 0 Å². The van der Waals surface area contributed by atoms with Gasteiger partial charge >= 0.3 is 0 Å². The van der Waals surface area contributed by atoms with Gasteiger partial charge in [-0.3, -0.25) is 0 Å². The van der Waals surface area contributed by atoms with Crippen LogP contribution in [0.5, 0.6) is 0 Å². The van der Waals surface area contributed by atoms with Crippen molar-refractivity contribution in [1.29, 1.82) is 0 Å². The molecule has 19 heavy (non-hydrogen) atoms. The first-order valence-electron chi connectivity index (χ1n) is 5.75. The van der Waals surface area contributed by atoms with Crippen molar-refractivity contribution >= 4 is 65.0 Å². The Hall–Kier alpha value is -1.46. The molecule has 2 aromatic carbocycles. The summed E-state index contributed by atoms with van der Waals surface area (Å²) < 4.78 is 2.02. The van der Waals surface area contributed by atoms with Crippen molar-refractivity contribution < 1.29 is 0 Å². The molecule has 0 bridgehead atoms. The molecule has 0 saturated heterocycles. The molecule has 0 aliphatic rings. The van der Waals surface area contributed by atoms with Crippen molar-refractivity contribution in [3.8, 4) is 0 Å². The van der Waals surface area contributed by atoms with Crippen LogP contribution < -0.4 is 0 Å². The van der Waals surface area contributed by atoms with Crippen LogP contribution in [0.3, 0.4) is 0 Å². The number of aromatic nitrogens is 3. The molecule has 4 aromatic rings. The van der Waals surface area contributed by atoms with Crippen LogP contribution in [0.2, 0.25) is 0 Å². The molecular formula is C14H7Br2N3. The molecule has 0 aliphatic carbocycles. The molecule has 2 aromatic heterocycles. The van der Waals surface area contributed by atoms with E-state index in [0.717, 1.165) is 42.0 Å². The molecule has 0 unspecified atom stereocenters. The molecule has 0 saturated carbocycles. The van der Waals surface area contributed by atoms with Crippen LogP contribution >= 0.6 is 31.9 Å². The van der Waals surface area contributed by atoms with E-state index in [1.165, 1.54) is 0 Å². The lowest BCUT2D eigenvalue weighted by Crippen LogP contribution is -1.84. The van der Waals surface area contributed by atoms with E-state index in [2.05, 4.69) is 47.9 Å². The summed E-state index contributed by atoms with van der Waals surface area (Å²) in [7, 11) is 0. The Morgan fingerprint density at radius 2 is 1.68 bits per heavy atom. The third-order valence-electron chi connectivity index (χ3n) is 3.12. The highest BCUT2D eigenvalue weighted by Gasteiger charge is 2.11. The first kappa shape index (κ1) is 11.4. The Morgan fingerprint density at radius 1 is 0.947 bits per heavy atom. The zero-order valence-corrected chi connectivity index (χ0v) is 12.8. The summed E-state index contributed by atoms with van der Waals surface area (Å²) in [6, 6.07) is 12.0. The minimum absolute atomic E-state index is 0.812. The smallest absolute Gasteiger partial charge is 0.157 e. The topological polar surface area (TPSA) is 41.6 Å². The number of para-hydroxylation sites is 2. The van der Waals surface area contributed by atoms with Gasteiger partial charge in [0, 0.05) is 14.3 Å². The maximum Gasteiger partial charge on any atom is 0.157 e. The lowest BCUT2D eigenvalue weighted by molar-refractivity contribution is 1.35. The number of hydrogen-bond donors (Lipinski definition) is 1. The molecule has 0 spiro atoms. The number of H-pyrrole nitrogens is 1. The number of nitrogens with zero attached hydrogens (tertiary/aromatic N) is 2. The lowest BCUT2D eigenvalue weighted by atomic mass is 10.2. The van der Waals surface area contributed by atoms with Crippen molar-refractivity contribution in [1.82, 2.24) is 15.0 Å². The van der Waals surface area contributed by atoms with Gasteiger partial charge in [-0.2, -0.15) is 0 Å². The molecule has 0 amide bonds. The van der Waals surface area contributed by atoms with Gasteiger partial charge in [0.1, 0.15) is 5.52 Å². The molecule has 0 fully saturated rings. The van der Waals surface area contributed by atoms with E-state index in [9.17, 15) is 0 Å². The number of rotatable bonds is 0. The van der Waals surface area contributed by atoms with Crippen LogP contribution in [0.15, 0.2) is 45.3 Å². The van der Waals surface area contributed by atoms with Crippen molar-refractivity contribution in [2.75, 3.05) is 0 Å². The summed E-state index contributed by atoms with van der Waals surface area (Å²) in [5.74, 6) is 0. The van der Waals surface area contributed by atoms with Crippen molar-refractivity contribution in [3.05, 3.63) is 45.3 Å². The standard InChI is InChI=1S/C14H7Br2N3/c15-7-5-8-12(9(16)6-7)19-14-13(8)17-10-3-1-2-4-11(10)18-14/h1-6H,(H,18,19). The van der Waals surface area contributed by atoms with Gasteiger partial charge in [0.25, 0.3) is 0 Å². The van der Waals surface area contributed by atoms with Crippen LogP contribution in [0, 0.1) is 0 Å². The Bertz CT molecular complexity index is 944. The summed E-state index contributed by atoms with van der Waals surface area (Å²) in [6.07, 6.45) is 0. The summed E-state index contributed by atoms with van der Waals surface area (Å²) in [4.78, 5) is 12.7. The normalized spacial score (nSPS) is 11.7. The van der Waals surface area contributed by atoms with Crippen LogP contribution in [0.25, 0.3) is 33.1 Å². The predicted molar refractivity (Wildman–Crippen MR) is 84.3 cm³/mol. The maximum atomic E-state index is 4.71. The van der Waals surface area contributed by atoms with E-state index in [4.69, 9.17) is 4.98 Å². The Morgan fingerprint density at radius 3 is 2.47 bits per heavy atom. The summed E-state index contributed by atoms with van der Waals surface area (Å²) in [6.45, 7) is 0. The van der Waals surface area contributed by atoms with E-state index in [-0.39, 0.29) is 0 Å². The van der Waals surface area contributed by atoms with Crippen molar-refractivity contribution in [3.63, 3.8) is 0 Å². The van der Waals surface area contributed by atoms with Gasteiger partial charge in [0.15, 0.2) is 5.65 Å². The van der Waals surface area contributed by atoms with Gasteiger partial charge in [0.2, 0.25) is 0 Å². The van der Waals surface area contributed by atoms with Gasteiger partial charge in [-0.1, -0.05) is 28.1 Å². The van der Waals surface area contributed by atoms with Crippen LogP contribution in [0.4, 0.5) is 0 Å². The van der Waals surface area contributed by atoms with Gasteiger partial charge < -0.3 is 4.98 Å². The van der Waals surface area contributed by atoms with E-state index >= 15 is 0 Å². The van der Waals surface area contributed by atoms with Crippen LogP contribution in [-0.4, -0.2) is 15.0 Å². The molecule has 92 valence electrons. The Labute approximate surface area is 125 Å². The summed E-state index contributed by atoms with van der Waals surface area (Å²) in [5, 5.41) is 1.06. The fourth-order valence-corrected chi connectivity index (χ4v) is 3.61. The van der Waals surface area contributed by atoms with Gasteiger partial charge in [-0.05, 0) is 40.2 Å². The van der Waals surface area contributed by atoms with Crippen LogP contribution in [-0.2, 0) is 0 Å². The predicted octanol–water partition coefficient (Wildman–Crippen LogP) is 4.79. The molecule has 0 aliphatic heterocycles. The zero-order valence-electron chi connectivity index (χ0n) is 9.61. The molecule has 4 rings (SSSR count). The van der Waals surface area contributed by atoms with E-state index in [1.54, 1.807) is 0 Å². The molecular weight excluding hydrogens is 370 g/mol. The summed E-state index contributed by atoms with van der Waals surface area (Å²) in [5.41, 5.74) is 4.54. The fraction of sp³-hybridized carbons (Fsp3) is 0. The average molecular weight is 377 g/mol. The molecule has 0 radical (unpaired) electrons. The third-order valence-corrected chi connectivity index (χ3v) is 4.21. The fourth-order valence-electron chi connectivity index (χ4n) is 2.28. The largest absolute Gasteiger partial charge is 0.337 e. The highest BCUT2D eigenvalue weighted by molar-refractivity contribution is 9.11. The second kappa shape index (κ2) is 4.02. The van der Waals surface area contributed by atoms with Gasteiger partial charge in [-0.25, -0.2) is 9.97 Å². The second-order valence-electron chi connectivity index (χ2n) is 4.34. The molecule has 2 heterocycles. The maximum absolute atomic E-state index is 4.71.